The van der Waals surface area contributed by atoms with E-state index < -0.39 is 5.97 Å². The second-order valence-electron chi connectivity index (χ2n) is 3.78. The Morgan fingerprint density at radius 1 is 1.21 bits per heavy atom. The van der Waals surface area contributed by atoms with Crippen LogP contribution in [-0.4, -0.2) is 22.4 Å². The Bertz CT molecular complexity index is 653. The molecule has 0 bridgehead atoms. The molecule has 4 nitrogen and oxygen atoms in total. The van der Waals surface area contributed by atoms with Gasteiger partial charge in [-0.2, -0.15) is 0 Å². The number of aromatic hydroxyl groups is 1. The van der Waals surface area contributed by atoms with Gasteiger partial charge in [0.05, 0.1) is 11.3 Å². The van der Waals surface area contributed by atoms with Crippen LogP contribution >= 0.6 is 15.9 Å². The highest BCUT2D eigenvalue weighted by molar-refractivity contribution is 9.10. The van der Waals surface area contributed by atoms with Crippen LogP contribution in [0, 0.1) is 0 Å². The summed E-state index contributed by atoms with van der Waals surface area (Å²) >= 11 is 3.29. The van der Waals surface area contributed by atoms with Gasteiger partial charge in [0.15, 0.2) is 0 Å². The van der Waals surface area contributed by atoms with Crippen LogP contribution in [0.15, 0.2) is 51.9 Å². The normalized spacial score (nSPS) is 10.8. The number of phenolic OH excluding ortho intramolecular Hbond substituents is 1. The van der Waals surface area contributed by atoms with Crippen LogP contribution in [0.1, 0.15) is 15.9 Å². The lowest BCUT2D eigenvalue weighted by Crippen LogP contribution is -1.96. The Balaban J connectivity index is 2.38. The van der Waals surface area contributed by atoms with Gasteiger partial charge in [-0.3, -0.25) is 4.99 Å². The van der Waals surface area contributed by atoms with Gasteiger partial charge in [-0.25, -0.2) is 4.79 Å². The van der Waals surface area contributed by atoms with Crippen molar-refractivity contribution in [3.8, 4) is 5.75 Å². The summed E-state index contributed by atoms with van der Waals surface area (Å²) in [6.07, 6.45) is 1.43. The molecule has 0 amide bonds. The molecule has 0 saturated carbocycles. The Labute approximate surface area is 118 Å². The Kier molecular flexibility index (Phi) is 3.97. The number of nitrogens with zero attached hydrogens (tertiary/aromatic N) is 1. The van der Waals surface area contributed by atoms with Crippen LogP contribution in [0.25, 0.3) is 0 Å². The Morgan fingerprint density at radius 2 is 1.95 bits per heavy atom. The lowest BCUT2D eigenvalue weighted by Gasteiger charge is -2.01. The number of hydrogen-bond donors (Lipinski definition) is 2. The molecule has 2 rings (SSSR count). The van der Waals surface area contributed by atoms with Gasteiger partial charge in [0.1, 0.15) is 5.75 Å². The topological polar surface area (TPSA) is 69.9 Å². The van der Waals surface area contributed by atoms with E-state index in [1.807, 2.05) is 0 Å². The number of aliphatic imine (C=N–C) groups is 1. The fraction of sp³-hybridized carbons (Fsp3) is 0. The zero-order valence-corrected chi connectivity index (χ0v) is 11.3. The van der Waals surface area contributed by atoms with E-state index in [1.165, 1.54) is 18.3 Å². The van der Waals surface area contributed by atoms with Crippen LogP contribution in [0.5, 0.6) is 5.75 Å². The van der Waals surface area contributed by atoms with Crippen LogP contribution in [0.2, 0.25) is 0 Å². The first-order valence-corrected chi connectivity index (χ1v) is 6.22. The van der Waals surface area contributed by atoms with Gasteiger partial charge >= 0.3 is 5.97 Å². The number of rotatable bonds is 3. The van der Waals surface area contributed by atoms with Crippen LogP contribution in [0.3, 0.4) is 0 Å². The molecular weight excluding hydrogens is 310 g/mol. The van der Waals surface area contributed by atoms with Crippen molar-refractivity contribution < 1.29 is 15.0 Å². The minimum Gasteiger partial charge on any atom is -0.507 e. The molecule has 2 aromatic rings. The molecular formula is C14H10BrNO3. The van der Waals surface area contributed by atoms with Gasteiger partial charge in [0.25, 0.3) is 0 Å². The molecule has 0 fully saturated rings. The number of benzene rings is 2. The number of carboxylic acids is 1. The van der Waals surface area contributed by atoms with E-state index in [-0.39, 0.29) is 11.3 Å². The van der Waals surface area contributed by atoms with Crippen molar-refractivity contribution in [2.45, 2.75) is 0 Å². The zero-order chi connectivity index (χ0) is 13.8. The molecule has 0 radical (unpaired) electrons. The van der Waals surface area contributed by atoms with Crippen LogP contribution < -0.4 is 0 Å². The van der Waals surface area contributed by atoms with Crippen LogP contribution in [0.4, 0.5) is 5.69 Å². The van der Waals surface area contributed by atoms with E-state index in [4.69, 9.17) is 5.11 Å². The Morgan fingerprint density at radius 3 is 2.68 bits per heavy atom. The van der Waals surface area contributed by atoms with Crippen molar-refractivity contribution in [1.82, 2.24) is 0 Å². The summed E-state index contributed by atoms with van der Waals surface area (Å²) in [6, 6.07) is 11.4. The molecule has 2 aromatic carbocycles. The lowest BCUT2D eigenvalue weighted by molar-refractivity contribution is 0.0698. The van der Waals surface area contributed by atoms with E-state index in [0.29, 0.717) is 11.3 Å². The van der Waals surface area contributed by atoms with Crippen molar-refractivity contribution in [3.63, 3.8) is 0 Å². The van der Waals surface area contributed by atoms with E-state index in [0.717, 1.165) is 4.47 Å². The van der Waals surface area contributed by atoms with Crippen LogP contribution in [-0.2, 0) is 0 Å². The van der Waals surface area contributed by atoms with Crippen molar-refractivity contribution in [3.05, 3.63) is 58.1 Å². The number of halogens is 1. The second kappa shape index (κ2) is 5.67. The SMILES string of the molecule is O=C(O)c1ccccc1N=Cc1cc(Br)ccc1O. The fourth-order valence-electron chi connectivity index (χ4n) is 1.53. The summed E-state index contributed by atoms with van der Waals surface area (Å²) in [4.78, 5) is 15.1. The predicted molar refractivity (Wildman–Crippen MR) is 76.5 cm³/mol. The maximum absolute atomic E-state index is 11.0. The highest BCUT2D eigenvalue weighted by Gasteiger charge is 2.07. The first kappa shape index (κ1) is 13.3. The van der Waals surface area contributed by atoms with Gasteiger partial charge in [-0.15, -0.1) is 0 Å². The largest absolute Gasteiger partial charge is 0.507 e. The van der Waals surface area contributed by atoms with Crippen molar-refractivity contribution in [2.24, 2.45) is 4.99 Å². The smallest absolute Gasteiger partial charge is 0.337 e. The van der Waals surface area contributed by atoms with Gasteiger partial charge < -0.3 is 10.2 Å². The minimum atomic E-state index is -1.04. The first-order chi connectivity index (χ1) is 9.08. The molecule has 0 spiro atoms. The summed E-state index contributed by atoms with van der Waals surface area (Å²) in [7, 11) is 0. The molecule has 0 unspecified atom stereocenters. The van der Waals surface area contributed by atoms with E-state index >= 15 is 0 Å². The van der Waals surface area contributed by atoms with E-state index in [9.17, 15) is 9.90 Å². The summed E-state index contributed by atoms with van der Waals surface area (Å²) in [5.41, 5.74) is 0.970. The minimum absolute atomic E-state index is 0.0831. The highest BCUT2D eigenvalue weighted by Crippen LogP contribution is 2.22. The number of phenols is 1. The quantitative estimate of drug-likeness (QED) is 0.849. The van der Waals surface area contributed by atoms with Crippen molar-refractivity contribution in [1.29, 1.82) is 0 Å². The summed E-state index contributed by atoms with van der Waals surface area (Å²) in [5, 5.41) is 18.7. The third kappa shape index (κ3) is 3.20. The molecule has 5 heteroatoms. The highest BCUT2D eigenvalue weighted by atomic mass is 79.9. The van der Waals surface area contributed by atoms with Gasteiger partial charge in [0.2, 0.25) is 0 Å². The molecule has 0 saturated heterocycles. The molecule has 2 N–H and O–H groups in total. The molecule has 0 aliphatic rings. The number of carbonyl (C=O) groups is 1. The molecule has 0 heterocycles. The third-order valence-corrected chi connectivity index (χ3v) is 2.96. The molecule has 0 aliphatic heterocycles. The molecule has 19 heavy (non-hydrogen) atoms. The number of para-hydroxylation sites is 1. The standard InChI is InChI=1S/C14H10BrNO3/c15-10-5-6-13(17)9(7-10)8-16-12-4-2-1-3-11(12)14(18)19/h1-8,17H,(H,18,19). The van der Waals surface area contributed by atoms with Crippen molar-refractivity contribution in [2.75, 3.05) is 0 Å². The molecule has 0 aliphatic carbocycles. The van der Waals surface area contributed by atoms with Gasteiger partial charge in [0, 0.05) is 16.3 Å². The van der Waals surface area contributed by atoms with Gasteiger partial charge in [-0.1, -0.05) is 28.1 Å². The number of carboxylic acid groups (broad SMARTS) is 1. The predicted octanol–water partition coefficient (Wildman–Crippen LogP) is 3.60. The fourth-order valence-corrected chi connectivity index (χ4v) is 1.91. The number of hydrogen-bond acceptors (Lipinski definition) is 3. The zero-order valence-electron chi connectivity index (χ0n) is 9.75. The lowest BCUT2D eigenvalue weighted by atomic mass is 10.2. The maximum Gasteiger partial charge on any atom is 0.337 e. The second-order valence-corrected chi connectivity index (χ2v) is 4.70. The van der Waals surface area contributed by atoms with E-state index in [1.54, 1.807) is 30.3 Å². The summed E-state index contributed by atoms with van der Waals surface area (Å²) in [6.45, 7) is 0. The first-order valence-electron chi connectivity index (χ1n) is 5.43. The molecule has 0 atom stereocenters. The van der Waals surface area contributed by atoms with Crippen molar-refractivity contribution >= 4 is 33.8 Å². The summed E-state index contributed by atoms with van der Waals surface area (Å²) in [5.74, 6) is -0.953. The molecule has 96 valence electrons. The maximum atomic E-state index is 11.0. The van der Waals surface area contributed by atoms with Gasteiger partial charge in [-0.05, 0) is 30.3 Å². The number of aromatic carboxylic acids is 1. The third-order valence-electron chi connectivity index (χ3n) is 2.47. The monoisotopic (exact) mass is 319 g/mol. The molecule has 0 aromatic heterocycles. The Hall–Kier alpha value is -2.14. The van der Waals surface area contributed by atoms with E-state index in [2.05, 4.69) is 20.9 Å². The average Bonchev–Trinajstić information content (AvgIpc) is 2.40. The summed E-state index contributed by atoms with van der Waals surface area (Å²) < 4.78 is 0.804. The average molecular weight is 320 g/mol.